The molecular formula is C22H18B2F4O4. The minimum atomic E-state index is -4.39. The van der Waals surface area contributed by atoms with E-state index >= 15 is 0 Å². The molecule has 0 amide bonds. The predicted octanol–water partition coefficient (Wildman–Crippen LogP) is 5.51. The molecule has 0 unspecified atom stereocenters. The lowest BCUT2D eigenvalue weighted by Gasteiger charge is -2.22. The first-order valence-corrected chi connectivity index (χ1v) is 10.2. The van der Waals surface area contributed by atoms with Crippen LogP contribution in [0.4, 0.5) is 17.3 Å². The number of allylic oxidation sites excluding steroid dienone is 4. The van der Waals surface area contributed by atoms with E-state index in [1.165, 1.54) is 26.0 Å². The van der Waals surface area contributed by atoms with Gasteiger partial charge in [0.15, 0.2) is 0 Å². The Morgan fingerprint density at radius 1 is 0.688 bits per heavy atom. The van der Waals surface area contributed by atoms with Crippen LogP contribution in [0.25, 0.3) is 11.1 Å². The summed E-state index contributed by atoms with van der Waals surface area (Å²) >= 11 is 0. The van der Waals surface area contributed by atoms with Crippen LogP contribution in [-0.4, -0.2) is 25.8 Å². The third-order valence-electron chi connectivity index (χ3n) is 5.58. The SMILES string of the molecule is CC1=CC(c2ccc3c(c2)CCc2cc(C4=[O+][B-](F)(F)OC(C)=C4)ccc2-3)=[O+][B-](F)(F)O1. The molecule has 0 saturated carbocycles. The number of aryl methyl sites for hydroxylation is 2. The Bertz CT molecular complexity index is 1170. The quantitative estimate of drug-likeness (QED) is 0.349. The van der Waals surface area contributed by atoms with Crippen LogP contribution in [0.15, 0.2) is 60.1 Å². The number of halogens is 4. The van der Waals surface area contributed by atoms with Crippen molar-refractivity contribution >= 4 is 25.8 Å². The van der Waals surface area contributed by atoms with Gasteiger partial charge in [-0.3, -0.25) is 0 Å². The summed E-state index contributed by atoms with van der Waals surface area (Å²) in [5.74, 6) is 0.327. The van der Waals surface area contributed by atoms with Crippen LogP contribution in [0.2, 0.25) is 0 Å². The molecule has 5 rings (SSSR count). The van der Waals surface area contributed by atoms with E-state index in [0.717, 1.165) is 22.3 Å². The molecule has 32 heavy (non-hydrogen) atoms. The molecule has 0 aromatic heterocycles. The highest BCUT2D eigenvalue weighted by atomic mass is 19.3. The fraction of sp³-hybridized carbons (Fsp3) is 0.182. The van der Waals surface area contributed by atoms with Gasteiger partial charge >= 0.3 is 14.2 Å². The molecule has 2 heterocycles. The number of hydrogen-bond donors (Lipinski definition) is 0. The Labute approximate surface area is 181 Å². The van der Waals surface area contributed by atoms with Crippen LogP contribution in [0, 0.1) is 0 Å². The van der Waals surface area contributed by atoms with Gasteiger partial charge in [-0.05, 0) is 73.2 Å². The van der Waals surface area contributed by atoms with Crippen LogP contribution in [0.5, 0.6) is 0 Å². The molecule has 10 heteroatoms. The van der Waals surface area contributed by atoms with E-state index in [1.807, 2.05) is 24.3 Å². The van der Waals surface area contributed by atoms with Gasteiger partial charge in [-0.25, -0.2) is 0 Å². The molecule has 0 radical (unpaired) electrons. The molecule has 2 aromatic carbocycles. The van der Waals surface area contributed by atoms with Crippen molar-refractivity contribution in [3.8, 4) is 11.1 Å². The fourth-order valence-electron chi connectivity index (χ4n) is 4.29. The zero-order valence-electron chi connectivity index (χ0n) is 17.3. The van der Waals surface area contributed by atoms with E-state index < -0.39 is 14.2 Å². The van der Waals surface area contributed by atoms with E-state index in [2.05, 4.69) is 9.31 Å². The number of benzene rings is 2. The molecule has 0 bridgehead atoms. The van der Waals surface area contributed by atoms with Crippen molar-refractivity contribution in [1.82, 2.24) is 0 Å². The summed E-state index contributed by atoms with van der Waals surface area (Å²) in [6.45, 7) is 2.91. The second-order valence-corrected chi connectivity index (χ2v) is 8.02. The monoisotopic (exact) mass is 444 g/mol. The van der Waals surface area contributed by atoms with Gasteiger partial charge in [0.25, 0.3) is 11.6 Å². The summed E-state index contributed by atoms with van der Waals surface area (Å²) in [5.41, 5.74) is 5.01. The van der Waals surface area contributed by atoms with E-state index in [1.54, 1.807) is 12.1 Å². The second-order valence-electron chi connectivity index (χ2n) is 8.02. The molecule has 0 spiro atoms. The first kappa shape index (κ1) is 20.6. The molecular weight excluding hydrogens is 426 g/mol. The zero-order valence-corrected chi connectivity index (χ0v) is 17.3. The third kappa shape index (κ3) is 3.85. The first-order valence-electron chi connectivity index (χ1n) is 10.2. The Morgan fingerprint density at radius 2 is 1.09 bits per heavy atom. The predicted molar refractivity (Wildman–Crippen MR) is 114 cm³/mol. The van der Waals surface area contributed by atoms with E-state index in [9.17, 15) is 17.3 Å². The van der Waals surface area contributed by atoms with Crippen LogP contribution in [0.3, 0.4) is 0 Å². The van der Waals surface area contributed by atoms with Gasteiger partial charge in [0.2, 0.25) is 0 Å². The molecule has 2 aromatic rings. The second kappa shape index (κ2) is 7.12. The van der Waals surface area contributed by atoms with E-state index in [4.69, 9.17) is 8.68 Å². The topological polar surface area (TPSA) is 41.1 Å². The summed E-state index contributed by atoms with van der Waals surface area (Å²) in [5, 5.41) is 0. The van der Waals surface area contributed by atoms with Crippen LogP contribution < -0.4 is 0 Å². The number of rotatable bonds is 2. The van der Waals surface area contributed by atoms with Crippen molar-refractivity contribution in [2.24, 2.45) is 0 Å². The molecule has 0 atom stereocenters. The number of fused-ring (bicyclic) bond motifs is 3. The largest absolute Gasteiger partial charge is 0.994 e. The van der Waals surface area contributed by atoms with Crippen molar-refractivity contribution in [2.45, 2.75) is 26.7 Å². The third-order valence-corrected chi connectivity index (χ3v) is 5.58. The summed E-state index contributed by atoms with van der Waals surface area (Å²) in [6, 6.07) is 10.9. The molecule has 0 saturated heterocycles. The summed E-state index contributed by atoms with van der Waals surface area (Å²) < 4.78 is 73.1. The lowest BCUT2D eigenvalue weighted by atomic mass is 9.83. The van der Waals surface area contributed by atoms with Crippen molar-refractivity contribution < 1.29 is 35.3 Å². The van der Waals surface area contributed by atoms with Crippen molar-refractivity contribution in [2.75, 3.05) is 0 Å². The lowest BCUT2D eigenvalue weighted by molar-refractivity contribution is -0.190. The van der Waals surface area contributed by atoms with Gasteiger partial charge < -0.3 is 35.3 Å². The molecule has 2 aliphatic heterocycles. The van der Waals surface area contributed by atoms with Gasteiger partial charge in [0.1, 0.15) is 0 Å². The van der Waals surface area contributed by atoms with Crippen LogP contribution in [-0.2, 0) is 22.2 Å². The summed E-state index contributed by atoms with van der Waals surface area (Å²) in [6.07, 6.45) is 4.23. The maximum absolute atomic E-state index is 13.7. The molecule has 164 valence electrons. The molecule has 3 aliphatic rings. The highest BCUT2D eigenvalue weighted by molar-refractivity contribution is 6.51. The lowest BCUT2D eigenvalue weighted by Crippen LogP contribution is -2.30. The van der Waals surface area contributed by atoms with Crippen molar-refractivity contribution in [1.29, 1.82) is 0 Å². The fourth-order valence-corrected chi connectivity index (χ4v) is 4.29. The van der Waals surface area contributed by atoms with Gasteiger partial charge in [0, 0.05) is 0 Å². The van der Waals surface area contributed by atoms with Gasteiger partial charge in [-0.2, -0.15) is 0 Å². The average Bonchev–Trinajstić information content (AvgIpc) is 2.70. The molecule has 0 N–H and O–H groups in total. The minimum Gasteiger partial charge on any atom is -0.572 e. The van der Waals surface area contributed by atoms with Gasteiger partial charge in [0.05, 0.1) is 34.8 Å². The molecule has 1 aliphatic carbocycles. The maximum Gasteiger partial charge on any atom is 0.994 e. The van der Waals surface area contributed by atoms with Crippen molar-refractivity contribution in [3.05, 3.63) is 82.3 Å². The molecule has 0 fully saturated rings. The first-order chi connectivity index (χ1) is 15.1. The summed E-state index contributed by atoms with van der Waals surface area (Å²) in [4.78, 5) is 0. The molecule has 4 nitrogen and oxygen atoms in total. The van der Waals surface area contributed by atoms with Crippen molar-refractivity contribution in [3.63, 3.8) is 0 Å². The summed E-state index contributed by atoms with van der Waals surface area (Å²) in [7, 11) is -8.77. The Morgan fingerprint density at radius 3 is 1.47 bits per heavy atom. The minimum absolute atomic E-state index is 0.0701. The Kier molecular flexibility index (Phi) is 4.58. The van der Waals surface area contributed by atoms with E-state index in [-0.39, 0.29) is 23.1 Å². The number of hydrogen-bond acceptors (Lipinski definition) is 2. The Balaban J connectivity index is 1.50. The van der Waals surface area contributed by atoms with Gasteiger partial charge in [-0.15, -0.1) is 0 Å². The smallest absolute Gasteiger partial charge is 0.572 e. The van der Waals surface area contributed by atoms with E-state index in [0.29, 0.717) is 24.0 Å². The highest BCUT2D eigenvalue weighted by Crippen LogP contribution is 2.36. The number of carbonyl (C=O) groups excluding carboxylic acids is 2. The number of ketones is 2. The standard InChI is InChI=1S/C22H18B2F4O4/c1-13-9-21(31-23(25,26)29-13)17-5-7-19-15(11-17)3-4-16-12-18(6-8-20(16)19)22-10-14(2)30-24(27,28)32-22/h5-12H,3-4H2,1-2H3. The van der Waals surface area contributed by atoms with Gasteiger partial charge in [-0.1, -0.05) is 12.1 Å². The maximum atomic E-state index is 13.7. The van der Waals surface area contributed by atoms with Crippen LogP contribution >= 0.6 is 0 Å². The zero-order chi connectivity index (χ0) is 22.7. The average molecular weight is 444 g/mol. The highest BCUT2D eigenvalue weighted by Gasteiger charge is 2.53. The normalized spacial score (nSPS) is 20.4. The van der Waals surface area contributed by atoms with Crippen LogP contribution in [0.1, 0.15) is 44.8 Å². The Hall–Kier alpha value is -3.29.